The summed E-state index contributed by atoms with van der Waals surface area (Å²) in [6.45, 7) is 0. The van der Waals surface area contributed by atoms with Gasteiger partial charge in [0.2, 0.25) is 5.91 Å². The summed E-state index contributed by atoms with van der Waals surface area (Å²) in [6, 6.07) is 12.6. The Kier molecular flexibility index (Phi) is 5.47. The van der Waals surface area contributed by atoms with Gasteiger partial charge in [0.15, 0.2) is 0 Å². The summed E-state index contributed by atoms with van der Waals surface area (Å²) in [5.74, 6) is -0.756. The normalized spacial score (nSPS) is 11.9. The predicted molar refractivity (Wildman–Crippen MR) is 83.2 cm³/mol. The molecule has 2 rings (SSSR count). The predicted octanol–water partition coefficient (Wildman–Crippen LogP) is 3.37. The highest BCUT2D eigenvalue weighted by Crippen LogP contribution is 2.13. The van der Waals surface area contributed by atoms with Crippen LogP contribution in [0.1, 0.15) is 5.56 Å². The van der Waals surface area contributed by atoms with Crippen LogP contribution in [-0.4, -0.2) is 15.9 Å². The summed E-state index contributed by atoms with van der Waals surface area (Å²) in [7, 11) is -1.35. The van der Waals surface area contributed by atoms with Gasteiger partial charge in [0.05, 0.1) is 0 Å². The third-order valence-electron chi connectivity index (χ3n) is 2.62. The molecule has 1 unspecified atom stereocenters. The monoisotopic (exact) mass is 325 g/mol. The number of hydrogen-bond acceptors (Lipinski definition) is 2. The molecule has 0 aliphatic heterocycles. The molecule has 0 aromatic heterocycles. The lowest BCUT2D eigenvalue weighted by atomic mass is 10.2. The van der Waals surface area contributed by atoms with Crippen molar-refractivity contribution in [2.45, 2.75) is 5.75 Å². The first-order valence-electron chi connectivity index (χ1n) is 6.18. The summed E-state index contributed by atoms with van der Waals surface area (Å²) in [5.41, 5.74) is 1.15. The van der Waals surface area contributed by atoms with Crippen molar-refractivity contribution in [3.05, 3.63) is 64.9 Å². The highest BCUT2D eigenvalue weighted by atomic mass is 35.5. The Morgan fingerprint density at radius 2 is 1.95 bits per heavy atom. The Bertz CT molecular complexity index is 621. The fourth-order valence-electron chi connectivity index (χ4n) is 1.77. The molecule has 0 bridgehead atoms. The first-order chi connectivity index (χ1) is 10.0. The highest BCUT2D eigenvalue weighted by molar-refractivity contribution is 7.84. The first-order valence-corrected chi connectivity index (χ1v) is 8.04. The molecule has 0 aliphatic rings. The van der Waals surface area contributed by atoms with E-state index in [1.807, 2.05) is 0 Å². The Balaban J connectivity index is 1.89. The second kappa shape index (κ2) is 7.33. The number of halogens is 2. The molecule has 0 fully saturated rings. The second-order valence-corrected chi connectivity index (χ2v) is 6.31. The number of carbonyl (C=O) groups excluding carboxylic acids is 1. The van der Waals surface area contributed by atoms with Gasteiger partial charge in [-0.15, -0.1) is 0 Å². The van der Waals surface area contributed by atoms with Crippen LogP contribution in [0.15, 0.2) is 48.5 Å². The van der Waals surface area contributed by atoms with E-state index in [-0.39, 0.29) is 11.5 Å². The fourth-order valence-corrected chi connectivity index (χ4v) is 3.00. The van der Waals surface area contributed by atoms with Crippen LogP contribution in [0.25, 0.3) is 0 Å². The molecule has 0 radical (unpaired) electrons. The molecule has 3 nitrogen and oxygen atoms in total. The molecule has 0 saturated heterocycles. The number of nitrogens with one attached hydrogen (secondary N) is 1. The van der Waals surface area contributed by atoms with Crippen LogP contribution in [-0.2, 0) is 21.3 Å². The highest BCUT2D eigenvalue weighted by Gasteiger charge is 2.09. The van der Waals surface area contributed by atoms with Crippen molar-refractivity contribution in [3.63, 3.8) is 0 Å². The number of hydrogen-bond donors (Lipinski definition) is 1. The zero-order valence-electron chi connectivity index (χ0n) is 11.0. The zero-order valence-corrected chi connectivity index (χ0v) is 12.6. The maximum absolute atomic E-state index is 13.0. The summed E-state index contributed by atoms with van der Waals surface area (Å²) in [5, 5.41) is 3.08. The third kappa shape index (κ3) is 5.28. The molecule has 2 aromatic rings. The van der Waals surface area contributed by atoms with E-state index < -0.39 is 22.5 Å². The lowest BCUT2D eigenvalue weighted by Gasteiger charge is -2.06. The summed E-state index contributed by atoms with van der Waals surface area (Å²) < 4.78 is 24.9. The number of carbonyl (C=O) groups is 1. The van der Waals surface area contributed by atoms with Crippen LogP contribution in [0.5, 0.6) is 0 Å². The average molecular weight is 326 g/mol. The fraction of sp³-hybridized carbons (Fsp3) is 0.133. The number of rotatable bonds is 5. The molecule has 21 heavy (non-hydrogen) atoms. The topological polar surface area (TPSA) is 46.2 Å². The molecule has 0 saturated carbocycles. The van der Waals surface area contributed by atoms with Gasteiger partial charge in [-0.1, -0.05) is 29.8 Å². The van der Waals surface area contributed by atoms with Gasteiger partial charge < -0.3 is 5.32 Å². The minimum absolute atomic E-state index is 0.150. The molecular formula is C15H13ClFNO2S. The maximum Gasteiger partial charge on any atom is 0.237 e. The maximum atomic E-state index is 13.0. The number of anilines is 1. The summed E-state index contributed by atoms with van der Waals surface area (Å²) in [4.78, 5) is 11.7. The van der Waals surface area contributed by atoms with Gasteiger partial charge in [0, 0.05) is 27.3 Å². The van der Waals surface area contributed by atoms with Crippen LogP contribution < -0.4 is 5.32 Å². The van der Waals surface area contributed by atoms with E-state index in [9.17, 15) is 13.4 Å². The van der Waals surface area contributed by atoms with Crippen LogP contribution in [0.3, 0.4) is 0 Å². The van der Waals surface area contributed by atoms with Gasteiger partial charge in [0.25, 0.3) is 0 Å². The van der Waals surface area contributed by atoms with E-state index in [0.29, 0.717) is 10.7 Å². The molecule has 1 atom stereocenters. The van der Waals surface area contributed by atoms with Gasteiger partial charge in [-0.2, -0.15) is 0 Å². The quantitative estimate of drug-likeness (QED) is 0.916. The molecule has 0 aliphatic carbocycles. The van der Waals surface area contributed by atoms with Crippen molar-refractivity contribution in [2.24, 2.45) is 0 Å². The third-order valence-corrected chi connectivity index (χ3v) is 4.09. The minimum Gasteiger partial charge on any atom is -0.325 e. The van der Waals surface area contributed by atoms with Crippen LogP contribution in [0.4, 0.5) is 10.1 Å². The van der Waals surface area contributed by atoms with Gasteiger partial charge in [-0.3, -0.25) is 9.00 Å². The molecule has 1 N–H and O–H groups in total. The Labute approximate surface area is 129 Å². The largest absolute Gasteiger partial charge is 0.325 e. The van der Waals surface area contributed by atoms with Gasteiger partial charge in [-0.05, 0) is 35.9 Å². The SMILES string of the molecule is O=C(CS(=O)Cc1cccc(Cl)c1)Nc1cccc(F)c1. The zero-order chi connectivity index (χ0) is 15.2. The van der Waals surface area contributed by atoms with E-state index in [2.05, 4.69) is 5.32 Å². The van der Waals surface area contributed by atoms with E-state index >= 15 is 0 Å². The molecule has 2 aromatic carbocycles. The van der Waals surface area contributed by atoms with Crippen molar-refractivity contribution in [2.75, 3.05) is 11.1 Å². The van der Waals surface area contributed by atoms with Crippen molar-refractivity contribution in [1.29, 1.82) is 0 Å². The van der Waals surface area contributed by atoms with Crippen molar-refractivity contribution in [1.82, 2.24) is 0 Å². The standard InChI is InChI=1S/C15H13ClFNO2S/c16-12-4-1-3-11(7-12)9-21(20)10-15(19)18-14-6-2-5-13(17)8-14/h1-8H,9-10H2,(H,18,19). The molecule has 1 amide bonds. The Morgan fingerprint density at radius 1 is 1.19 bits per heavy atom. The van der Waals surface area contributed by atoms with Gasteiger partial charge >= 0.3 is 0 Å². The number of amides is 1. The summed E-state index contributed by atoms with van der Waals surface area (Å²) in [6.07, 6.45) is 0. The van der Waals surface area contributed by atoms with E-state index in [1.165, 1.54) is 18.2 Å². The Hall–Kier alpha value is -1.72. The van der Waals surface area contributed by atoms with Crippen molar-refractivity contribution in [3.8, 4) is 0 Å². The van der Waals surface area contributed by atoms with E-state index in [4.69, 9.17) is 11.6 Å². The van der Waals surface area contributed by atoms with Crippen molar-refractivity contribution >= 4 is 34.0 Å². The second-order valence-electron chi connectivity index (χ2n) is 4.42. The van der Waals surface area contributed by atoms with E-state index in [1.54, 1.807) is 30.3 Å². The molecule has 0 heterocycles. The molecular weight excluding hydrogens is 313 g/mol. The lowest BCUT2D eigenvalue weighted by Crippen LogP contribution is -2.20. The summed E-state index contributed by atoms with van der Waals surface area (Å²) >= 11 is 5.84. The molecule has 0 spiro atoms. The minimum atomic E-state index is -1.35. The van der Waals surface area contributed by atoms with Gasteiger partial charge in [-0.25, -0.2) is 4.39 Å². The van der Waals surface area contributed by atoms with Crippen LogP contribution in [0.2, 0.25) is 5.02 Å². The number of benzene rings is 2. The first kappa shape index (κ1) is 15.7. The lowest BCUT2D eigenvalue weighted by molar-refractivity contribution is -0.113. The molecule has 6 heteroatoms. The van der Waals surface area contributed by atoms with Gasteiger partial charge in [0.1, 0.15) is 11.6 Å². The van der Waals surface area contributed by atoms with Crippen LogP contribution >= 0.6 is 11.6 Å². The van der Waals surface area contributed by atoms with Crippen molar-refractivity contribution < 1.29 is 13.4 Å². The molecule has 110 valence electrons. The average Bonchev–Trinajstić information content (AvgIpc) is 2.38. The smallest absolute Gasteiger partial charge is 0.237 e. The van der Waals surface area contributed by atoms with E-state index in [0.717, 1.165) is 5.56 Å². The Morgan fingerprint density at radius 3 is 2.67 bits per heavy atom. The van der Waals surface area contributed by atoms with Crippen LogP contribution in [0, 0.1) is 5.82 Å².